The predicted octanol–water partition coefficient (Wildman–Crippen LogP) is 3.17. The Morgan fingerprint density at radius 3 is 2.91 bits per heavy atom. The highest BCUT2D eigenvalue weighted by Crippen LogP contribution is 2.23. The van der Waals surface area contributed by atoms with Crippen LogP contribution in [0.3, 0.4) is 0 Å². The van der Waals surface area contributed by atoms with Crippen molar-refractivity contribution in [3.63, 3.8) is 0 Å². The predicted molar refractivity (Wildman–Crippen MR) is 93.9 cm³/mol. The van der Waals surface area contributed by atoms with Crippen LogP contribution in [0.1, 0.15) is 5.56 Å². The van der Waals surface area contributed by atoms with Crippen molar-refractivity contribution in [3.05, 3.63) is 46.2 Å². The zero-order valence-corrected chi connectivity index (χ0v) is 14.3. The number of ether oxygens (including phenoxy) is 1. The molecule has 118 valence electrons. The maximum absolute atomic E-state index is 6.00. The molecule has 1 aromatic carbocycles. The summed E-state index contributed by atoms with van der Waals surface area (Å²) in [7, 11) is 1.64. The van der Waals surface area contributed by atoms with Gasteiger partial charge in [-0.25, -0.2) is 0 Å². The second-order valence-electron chi connectivity index (χ2n) is 4.55. The van der Waals surface area contributed by atoms with Gasteiger partial charge in [-0.3, -0.25) is 4.68 Å². The van der Waals surface area contributed by atoms with Gasteiger partial charge in [-0.2, -0.15) is 5.10 Å². The summed E-state index contributed by atoms with van der Waals surface area (Å²) in [5.41, 5.74) is 1.83. The maximum atomic E-state index is 6.00. The first-order valence-electron chi connectivity index (χ1n) is 6.58. The van der Waals surface area contributed by atoms with Gasteiger partial charge < -0.3 is 15.4 Å². The summed E-state index contributed by atoms with van der Waals surface area (Å²) < 4.78 is 6.74. The topological polar surface area (TPSA) is 51.1 Å². The van der Waals surface area contributed by atoms with Crippen LogP contribution in [0.25, 0.3) is 0 Å². The molecule has 8 heteroatoms. The van der Waals surface area contributed by atoms with Crippen LogP contribution in [0.4, 0.5) is 5.69 Å². The minimum absolute atomic E-state index is 0.533. The van der Waals surface area contributed by atoms with Gasteiger partial charge in [0.1, 0.15) is 0 Å². The van der Waals surface area contributed by atoms with Crippen molar-refractivity contribution in [3.8, 4) is 0 Å². The maximum Gasteiger partial charge on any atom is 0.170 e. The third kappa shape index (κ3) is 5.14. The fourth-order valence-electron chi connectivity index (χ4n) is 1.78. The third-order valence-electron chi connectivity index (χ3n) is 2.81. The molecule has 0 bridgehead atoms. The van der Waals surface area contributed by atoms with E-state index in [4.69, 9.17) is 40.2 Å². The summed E-state index contributed by atoms with van der Waals surface area (Å²) in [5, 5.41) is 12.0. The Labute approximate surface area is 144 Å². The van der Waals surface area contributed by atoms with Gasteiger partial charge in [0.15, 0.2) is 5.11 Å². The number of thiocarbonyl (C=S) groups is 1. The van der Waals surface area contributed by atoms with Crippen LogP contribution < -0.4 is 10.6 Å². The second-order valence-corrected chi connectivity index (χ2v) is 5.77. The Morgan fingerprint density at radius 2 is 2.18 bits per heavy atom. The Morgan fingerprint density at radius 1 is 1.36 bits per heavy atom. The van der Waals surface area contributed by atoms with E-state index in [2.05, 4.69) is 15.7 Å². The van der Waals surface area contributed by atoms with E-state index in [1.807, 2.05) is 18.3 Å². The van der Waals surface area contributed by atoms with Gasteiger partial charge in [0.05, 0.1) is 35.1 Å². The lowest BCUT2D eigenvalue weighted by Crippen LogP contribution is -2.30. The number of rotatable bonds is 6. The standard InChI is InChI=1S/C14H16Cl2N4OS/c1-21-5-4-17-14(22)19-11-7-18-20(9-11)8-10-2-3-12(15)13(16)6-10/h2-3,6-7,9H,4-5,8H2,1H3,(H2,17,19,22). The number of nitrogens with zero attached hydrogens (tertiary/aromatic N) is 2. The normalized spacial score (nSPS) is 10.5. The van der Waals surface area contributed by atoms with Crippen molar-refractivity contribution in [2.45, 2.75) is 6.54 Å². The molecule has 1 heterocycles. The fraction of sp³-hybridized carbons (Fsp3) is 0.286. The first kappa shape index (κ1) is 17.0. The quantitative estimate of drug-likeness (QED) is 0.613. The Bertz CT molecular complexity index is 648. The molecule has 2 aromatic rings. The van der Waals surface area contributed by atoms with E-state index in [1.165, 1.54) is 0 Å². The number of halogens is 2. The first-order valence-corrected chi connectivity index (χ1v) is 7.75. The van der Waals surface area contributed by atoms with Crippen molar-refractivity contribution in [1.82, 2.24) is 15.1 Å². The zero-order chi connectivity index (χ0) is 15.9. The molecule has 0 atom stereocenters. The minimum atomic E-state index is 0.533. The van der Waals surface area contributed by atoms with Gasteiger partial charge >= 0.3 is 0 Å². The van der Waals surface area contributed by atoms with Gasteiger partial charge in [0, 0.05) is 19.9 Å². The molecule has 0 aliphatic carbocycles. The first-order chi connectivity index (χ1) is 10.6. The molecule has 0 fully saturated rings. The molecule has 0 aliphatic rings. The molecule has 2 N–H and O–H groups in total. The summed E-state index contributed by atoms with van der Waals surface area (Å²) in [6.07, 6.45) is 3.58. The molecule has 22 heavy (non-hydrogen) atoms. The number of methoxy groups -OCH3 is 1. The molecule has 2 rings (SSSR count). The van der Waals surface area contributed by atoms with E-state index in [-0.39, 0.29) is 0 Å². The number of hydrogen-bond acceptors (Lipinski definition) is 3. The van der Waals surface area contributed by atoms with E-state index in [0.29, 0.717) is 34.9 Å². The molecule has 0 aliphatic heterocycles. The second kappa shape index (κ2) is 8.33. The van der Waals surface area contributed by atoms with Crippen LogP contribution >= 0.6 is 35.4 Å². The van der Waals surface area contributed by atoms with Crippen LogP contribution in [-0.2, 0) is 11.3 Å². The van der Waals surface area contributed by atoms with E-state index in [0.717, 1.165) is 11.3 Å². The molecular formula is C14H16Cl2N4OS. The lowest BCUT2D eigenvalue weighted by atomic mass is 10.2. The van der Waals surface area contributed by atoms with Crippen LogP contribution in [0, 0.1) is 0 Å². The zero-order valence-electron chi connectivity index (χ0n) is 12.0. The van der Waals surface area contributed by atoms with Crippen molar-refractivity contribution in [1.29, 1.82) is 0 Å². The number of anilines is 1. The molecule has 5 nitrogen and oxygen atoms in total. The van der Waals surface area contributed by atoms with Gasteiger partial charge in [-0.05, 0) is 29.9 Å². The van der Waals surface area contributed by atoms with Gasteiger partial charge in [0.2, 0.25) is 0 Å². The highest BCUT2D eigenvalue weighted by Gasteiger charge is 2.04. The van der Waals surface area contributed by atoms with Crippen LogP contribution in [0.15, 0.2) is 30.6 Å². The molecule has 0 saturated heterocycles. The van der Waals surface area contributed by atoms with E-state index < -0.39 is 0 Å². The van der Waals surface area contributed by atoms with Gasteiger partial charge in [-0.1, -0.05) is 29.3 Å². The van der Waals surface area contributed by atoms with Crippen LogP contribution in [0.5, 0.6) is 0 Å². The summed E-state index contributed by atoms with van der Waals surface area (Å²) in [5.74, 6) is 0. The fourth-order valence-corrected chi connectivity index (χ4v) is 2.32. The van der Waals surface area contributed by atoms with Crippen molar-refractivity contribution >= 4 is 46.2 Å². The Kier molecular flexibility index (Phi) is 6.45. The lowest BCUT2D eigenvalue weighted by molar-refractivity contribution is 0.204. The molecular weight excluding hydrogens is 343 g/mol. The van der Waals surface area contributed by atoms with Crippen molar-refractivity contribution < 1.29 is 4.74 Å². The summed E-state index contributed by atoms with van der Waals surface area (Å²) in [6.45, 7) is 1.85. The average Bonchev–Trinajstić information content (AvgIpc) is 2.90. The van der Waals surface area contributed by atoms with E-state index in [1.54, 1.807) is 24.1 Å². The highest BCUT2D eigenvalue weighted by atomic mass is 35.5. The molecule has 1 aromatic heterocycles. The molecule has 0 amide bonds. The Hall–Kier alpha value is -1.34. The molecule has 0 spiro atoms. The monoisotopic (exact) mass is 358 g/mol. The van der Waals surface area contributed by atoms with Gasteiger partial charge in [0.25, 0.3) is 0 Å². The van der Waals surface area contributed by atoms with Crippen LogP contribution in [-0.4, -0.2) is 35.2 Å². The SMILES string of the molecule is COCCNC(=S)Nc1cnn(Cc2ccc(Cl)c(Cl)c2)c1. The smallest absolute Gasteiger partial charge is 0.170 e. The third-order valence-corrected chi connectivity index (χ3v) is 3.80. The summed E-state index contributed by atoms with van der Waals surface area (Å²) in [4.78, 5) is 0. The van der Waals surface area contributed by atoms with Gasteiger partial charge in [-0.15, -0.1) is 0 Å². The van der Waals surface area contributed by atoms with Crippen LogP contribution in [0.2, 0.25) is 10.0 Å². The van der Waals surface area contributed by atoms with E-state index in [9.17, 15) is 0 Å². The number of benzene rings is 1. The van der Waals surface area contributed by atoms with E-state index >= 15 is 0 Å². The number of aromatic nitrogens is 2. The molecule has 0 saturated carbocycles. The van der Waals surface area contributed by atoms with Crippen molar-refractivity contribution in [2.75, 3.05) is 25.6 Å². The molecule has 0 radical (unpaired) electrons. The van der Waals surface area contributed by atoms with Crippen molar-refractivity contribution in [2.24, 2.45) is 0 Å². The Balaban J connectivity index is 1.90. The summed E-state index contributed by atoms with van der Waals surface area (Å²) in [6, 6.07) is 5.52. The highest BCUT2D eigenvalue weighted by molar-refractivity contribution is 7.80. The minimum Gasteiger partial charge on any atom is -0.383 e. The number of nitrogens with one attached hydrogen (secondary N) is 2. The average molecular weight is 359 g/mol. The largest absolute Gasteiger partial charge is 0.383 e. The number of hydrogen-bond donors (Lipinski definition) is 2. The molecule has 0 unspecified atom stereocenters. The summed E-state index contributed by atoms with van der Waals surface area (Å²) >= 11 is 17.1. The lowest BCUT2D eigenvalue weighted by Gasteiger charge is -2.08.